The Morgan fingerprint density at radius 2 is 1.93 bits per heavy atom. The van der Waals surface area contributed by atoms with Gasteiger partial charge in [0, 0.05) is 12.2 Å². The second-order valence-electron chi connectivity index (χ2n) is 6.68. The first-order valence-corrected chi connectivity index (χ1v) is 8.53. The van der Waals surface area contributed by atoms with Gasteiger partial charge < -0.3 is 25.2 Å². The Morgan fingerprint density at radius 3 is 2.40 bits per heavy atom. The van der Waals surface area contributed by atoms with Crippen LogP contribution in [0.25, 0.3) is 10.9 Å². The molecule has 1 aromatic heterocycles. The highest BCUT2D eigenvalue weighted by Crippen LogP contribution is 2.42. The molecule has 0 bridgehead atoms. The number of anilines is 1. The molecule has 1 aliphatic rings. The van der Waals surface area contributed by atoms with Gasteiger partial charge in [0.25, 0.3) is 0 Å². The highest BCUT2D eigenvalue weighted by molar-refractivity contribution is 5.99. The Labute approximate surface area is 165 Å². The van der Waals surface area contributed by atoms with Crippen LogP contribution in [0, 0.1) is 15.9 Å². The average Bonchev–Trinajstić information content (AvgIpc) is 3.46. The molecule has 1 unspecified atom stereocenters. The number of aromatic nitrogens is 1. The lowest BCUT2D eigenvalue weighted by Gasteiger charge is -2.18. The van der Waals surface area contributed by atoms with E-state index in [0.717, 1.165) is 6.20 Å². The first-order valence-electron chi connectivity index (χ1n) is 8.53. The van der Waals surface area contributed by atoms with Gasteiger partial charge in [0.15, 0.2) is 11.5 Å². The molecule has 1 heterocycles. The lowest BCUT2D eigenvalue weighted by atomic mass is 10.1. The van der Waals surface area contributed by atoms with Crippen LogP contribution in [0.5, 0.6) is 0 Å². The van der Waals surface area contributed by atoms with Gasteiger partial charge in [-0.05, 0) is 18.9 Å². The molecule has 1 atom stereocenters. The van der Waals surface area contributed by atoms with Gasteiger partial charge in [-0.25, -0.2) is 14.0 Å². The molecule has 3 rings (SSSR count). The lowest BCUT2D eigenvalue weighted by Crippen LogP contribution is -2.32. The monoisotopic (exact) mass is 423 g/mol. The van der Waals surface area contributed by atoms with E-state index in [0.29, 0.717) is 18.9 Å². The fourth-order valence-corrected chi connectivity index (χ4v) is 3.13. The number of nitro groups is 1. The van der Waals surface area contributed by atoms with Crippen LogP contribution in [0.4, 0.5) is 15.8 Å². The number of carboxylic acids is 3. The van der Waals surface area contributed by atoms with Gasteiger partial charge in [-0.2, -0.15) is 0 Å². The Hall–Kier alpha value is -4.03. The van der Waals surface area contributed by atoms with Gasteiger partial charge >= 0.3 is 23.6 Å². The van der Waals surface area contributed by atoms with Crippen molar-refractivity contribution < 1.29 is 39.0 Å². The zero-order chi connectivity index (χ0) is 22.3. The number of carbonyl (C=O) groups is 3. The molecule has 0 aliphatic heterocycles. The standard InChI is InChI=1S/C17H14FN3O9/c18-9-3-7-13(20(6-1-2-6)5-8(15(7)24)16(25)26)14(21(29)30)12(9)19-10(17(27)28)4-11(22)23/h3,5-6,10,19H,1-2,4H2,(H,22,23)(H,25,26)(H,27,28). The molecule has 2 aromatic rings. The van der Waals surface area contributed by atoms with E-state index in [1.54, 1.807) is 0 Å². The molecule has 0 saturated heterocycles. The van der Waals surface area contributed by atoms with Gasteiger partial charge in [0.05, 0.1) is 16.7 Å². The van der Waals surface area contributed by atoms with Crippen LogP contribution >= 0.6 is 0 Å². The maximum atomic E-state index is 14.8. The number of nitrogens with one attached hydrogen (secondary N) is 1. The molecule has 0 radical (unpaired) electrons. The first kappa shape index (κ1) is 20.7. The van der Waals surface area contributed by atoms with Crippen LogP contribution in [-0.4, -0.2) is 48.8 Å². The van der Waals surface area contributed by atoms with Gasteiger partial charge in [-0.15, -0.1) is 0 Å². The normalized spacial score (nSPS) is 14.3. The zero-order valence-corrected chi connectivity index (χ0v) is 15.0. The number of carboxylic acid groups (broad SMARTS) is 3. The Kier molecular flexibility index (Phi) is 5.12. The van der Waals surface area contributed by atoms with E-state index in [1.165, 1.54) is 4.57 Å². The maximum Gasteiger partial charge on any atom is 0.341 e. The smallest absolute Gasteiger partial charge is 0.341 e. The van der Waals surface area contributed by atoms with Crippen molar-refractivity contribution in [3.8, 4) is 0 Å². The Bertz CT molecular complexity index is 1170. The molecular formula is C17H14FN3O9. The molecule has 1 aliphatic carbocycles. The molecule has 4 N–H and O–H groups in total. The summed E-state index contributed by atoms with van der Waals surface area (Å²) < 4.78 is 16.0. The number of pyridine rings is 1. The molecule has 13 heteroatoms. The number of hydrogen-bond donors (Lipinski definition) is 4. The molecule has 1 saturated carbocycles. The zero-order valence-electron chi connectivity index (χ0n) is 15.0. The van der Waals surface area contributed by atoms with Crippen LogP contribution in [0.2, 0.25) is 0 Å². The number of fused-ring (bicyclic) bond motifs is 1. The summed E-state index contributed by atoms with van der Waals surface area (Å²) in [5.41, 5.74) is -4.09. The number of nitro benzene ring substituents is 1. The Morgan fingerprint density at radius 1 is 1.30 bits per heavy atom. The molecule has 0 amide bonds. The van der Waals surface area contributed by atoms with Crippen molar-refractivity contribution in [2.24, 2.45) is 0 Å². The van der Waals surface area contributed by atoms with E-state index < -0.39 is 68.9 Å². The van der Waals surface area contributed by atoms with Crippen LogP contribution in [-0.2, 0) is 9.59 Å². The third-order valence-corrected chi connectivity index (χ3v) is 4.59. The number of benzene rings is 1. The number of aliphatic carboxylic acids is 2. The Balaban J connectivity index is 2.36. The summed E-state index contributed by atoms with van der Waals surface area (Å²) in [5.74, 6) is -6.21. The van der Waals surface area contributed by atoms with Crippen molar-refractivity contribution in [1.82, 2.24) is 4.57 Å². The van der Waals surface area contributed by atoms with Crippen molar-refractivity contribution in [3.63, 3.8) is 0 Å². The number of nitrogens with zero attached hydrogens (tertiary/aromatic N) is 2. The predicted octanol–water partition coefficient (Wildman–Crippen LogP) is 1.42. The van der Waals surface area contributed by atoms with Gasteiger partial charge in [0.2, 0.25) is 5.43 Å². The summed E-state index contributed by atoms with van der Waals surface area (Å²) in [4.78, 5) is 56.8. The summed E-state index contributed by atoms with van der Waals surface area (Å²) in [6.45, 7) is 0. The first-order chi connectivity index (χ1) is 14.0. The SMILES string of the molecule is O=C(O)CC(Nc1c(F)cc2c(=O)c(C(=O)O)cn(C3CC3)c2c1[N+](=O)[O-])C(=O)O. The number of hydrogen-bond acceptors (Lipinski definition) is 7. The minimum atomic E-state index is -1.90. The number of halogens is 1. The van der Waals surface area contributed by atoms with Crippen LogP contribution < -0.4 is 10.7 Å². The third kappa shape index (κ3) is 3.64. The van der Waals surface area contributed by atoms with Crippen molar-refractivity contribution in [2.45, 2.75) is 31.3 Å². The molecule has 158 valence electrons. The highest BCUT2D eigenvalue weighted by Gasteiger charge is 2.35. The second kappa shape index (κ2) is 7.42. The molecule has 0 spiro atoms. The van der Waals surface area contributed by atoms with Crippen LogP contribution in [0.15, 0.2) is 17.1 Å². The van der Waals surface area contributed by atoms with E-state index in [-0.39, 0.29) is 11.6 Å². The summed E-state index contributed by atoms with van der Waals surface area (Å²) in [5, 5.41) is 40.5. The van der Waals surface area contributed by atoms with Crippen molar-refractivity contribution in [1.29, 1.82) is 0 Å². The fraction of sp³-hybridized carbons (Fsp3) is 0.294. The molecular weight excluding hydrogens is 409 g/mol. The van der Waals surface area contributed by atoms with E-state index in [1.807, 2.05) is 5.32 Å². The fourth-order valence-electron chi connectivity index (χ4n) is 3.13. The van der Waals surface area contributed by atoms with E-state index >= 15 is 0 Å². The molecule has 1 fully saturated rings. The summed E-state index contributed by atoms with van der Waals surface area (Å²) in [6, 6.07) is -1.68. The molecule has 12 nitrogen and oxygen atoms in total. The number of rotatable bonds is 8. The summed E-state index contributed by atoms with van der Waals surface area (Å²) in [7, 11) is 0. The van der Waals surface area contributed by atoms with E-state index in [2.05, 4.69) is 0 Å². The molecule has 30 heavy (non-hydrogen) atoms. The van der Waals surface area contributed by atoms with Gasteiger partial charge in [0.1, 0.15) is 17.1 Å². The lowest BCUT2D eigenvalue weighted by molar-refractivity contribution is -0.382. The topological polar surface area (TPSA) is 189 Å². The minimum absolute atomic E-state index is 0.363. The predicted molar refractivity (Wildman–Crippen MR) is 97.4 cm³/mol. The van der Waals surface area contributed by atoms with Gasteiger partial charge in [-0.3, -0.25) is 19.7 Å². The largest absolute Gasteiger partial charge is 0.481 e. The average molecular weight is 423 g/mol. The van der Waals surface area contributed by atoms with Crippen molar-refractivity contribution in [3.05, 3.63) is 44.0 Å². The molecule has 1 aromatic carbocycles. The maximum absolute atomic E-state index is 14.8. The van der Waals surface area contributed by atoms with Crippen molar-refractivity contribution >= 4 is 40.2 Å². The van der Waals surface area contributed by atoms with Crippen LogP contribution in [0.3, 0.4) is 0 Å². The van der Waals surface area contributed by atoms with E-state index in [4.69, 9.17) is 5.11 Å². The van der Waals surface area contributed by atoms with Gasteiger partial charge in [-0.1, -0.05) is 0 Å². The quantitative estimate of drug-likeness (QED) is 0.357. The van der Waals surface area contributed by atoms with Crippen molar-refractivity contribution in [2.75, 3.05) is 5.32 Å². The summed E-state index contributed by atoms with van der Waals surface area (Å²) >= 11 is 0. The summed E-state index contributed by atoms with van der Waals surface area (Å²) in [6.07, 6.45) is 0.999. The van der Waals surface area contributed by atoms with Crippen LogP contribution in [0.1, 0.15) is 35.7 Å². The minimum Gasteiger partial charge on any atom is -0.481 e. The van der Waals surface area contributed by atoms with E-state index in [9.17, 15) is 43.9 Å². The second-order valence-corrected chi connectivity index (χ2v) is 6.68. The number of aromatic carboxylic acids is 1. The third-order valence-electron chi connectivity index (χ3n) is 4.59. The highest BCUT2D eigenvalue weighted by atomic mass is 19.1.